The number of nitrogens with zero attached hydrogens (tertiary/aromatic N) is 2. The lowest BCUT2D eigenvalue weighted by atomic mass is 9.95. The number of hydrogen-bond acceptors (Lipinski definition) is 4. The van der Waals surface area contributed by atoms with Crippen molar-refractivity contribution in [2.75, 3.05) is 6.54 Å². The summed E-state index contributed by atoms with van der Waals surface area (Å²) in [4.78, 5) is 10.4. The second-order valence-corrected chi connectivity index (χ2v) is 7.90. The molecule has 132 valence electrons. The fourth-order valence-corrected chi connectivity index (χ4v) is 5.15. The van der Waals surface area contributed by atoms with E-state index in [1.54, 1.807) is 13.0 Å². The molecule has 1 heterocycles. The smallest absolute Gasteiger partial charge is 0.258 e. The maximum absolute atomic E-state index is 13.6. The van der Waals surface area contributed by atoms with Crippen LogP contribution in [-0.4, -0.2) is 24.2 Å². The van der Waals surface area contributed by atoms with Gasteiger partial charge in [0.25, 0.3) is 5.69 Å². The molecule has 0 saturated carbocycles. The van der Waals surface area contributed by atoms with E-state index in [4.69, 9.17) is 0 Å². The van der Waals surface area contributed by atoms with E-state index in [0.717, 1.165) is 5.56 Å². The number of benzene rings is 2. The van der Waals surface area contributed by atoms with E-state index >= 15 is 0 Å². The van der Waals surface area contributed by atoms with E-state index in [2.05, 4.69) is 0 Å². The summed E-state index contributed by atoms with van der Waals surface area (Å²) in [5.41, 5.74) is 1.40. The summed E-state index contributed by atoms with van der Waals surface area (Å²) in [5, 5.41) is 11.1. The summed E-state index contributed by atoms with van der Waals surface area (Å²) < 4.78 is 41.1. The molecule has 2 aromatic carbocycles. The van der Waals surface area contributed by atoms with Crippen LogP contribution in [0.5, 0.6) is 0 Å². The van der Waals surface area contributed by atoms with E-state index in [9.17, 15) is 22.9 Å². The lowest BCUT2D eigenvalue weighted by Crippen LogP contribution is -2.39. The molecule has 0 aliphatic carbocycles. The highest BCUT2D eigenvalue weighted by atomic mass is 32.2. The van der Waals surface area contributed by atoms with Crippen molar-refractivity contribution in [2.45, 2.75) is 31.2 Å². The molecule has 1 aliphatic rings. The number of nitro benzene ring substituents is 1. The van der Waals surface area contributed by atoms with Gasteiger partial charge in [-0.15, -0.1) is 0 Å². The largest absolute Gasteiger partial charge is 0.273 e. The fourth-order valence-electron chi connectivity index (χ4n) is 3.30. The van der Waals surface area contributed by atoms with Crippen LogP contribution in [0.4, 0.5) is 10.1 Å². The Morgan fingerprint density at radius 2 is 2.00 bits per heavy atom. The molecule has 1 unspecified atom stereocenters. The van der Waals surface area contributed by atoms with E-state index in [1.165, 1.54) is 41.6 Å². The van der Waals surface area contributed by atoms with Crippen molar-refractivity contribution < 1.29 is 17.7 Å². The first-order valence-corrected chi connectivity index (χ1v) is 9.21. The number of rotatable bonds is 3. The van der Waals surface area contributed by atoms with Gasteiger partial charge in [-0.05, 0) is 49.6 Å². The molecule has 0 aromatic heterocycles. The highest BCUT2D eigenvalue weighted by molar-refractivity contribution is 7.89. The van der Waals surface area contributed by atoms with Crippen LogP contribution in [0, 0.1) is 22.9 Å². The number of sulfonamides is 1. The molecule has 2 aromatic rings. The van der Waals surface area contributed by atoms with Crippen molar-refractivity contribution in [3.05, 3.63) is 69.0 Å². The Bertz CT molecular complexity index is 959. The normalized spacial score (nSPS) is 18.0. The maximum atomic E-state index is 13.6. The first kappa shape index (κ1) is 17.5. The van der Waals surface area contributed by atoms with Crippen LogP contribution in [0.2, 0.25) is 0 Å². The second kappa shape index (κ2) is 6.20. The lowest BCUT2D eigenvalue weighted by molar-refractivity contribution is -0.385. The van der Waals surface area contributed by atoms with Crippen LogP contribution < -0.4 is 0 Å². The molecule has 0 fully saturated rings. The van der Waals surface area contributed by atoms with Gasteiger partial charge in [-0.2, -0.15) is 4.31 Å². The van der Waals surface area contributed by atoms with Crippen LogP contribution >= 0.6 is 0 Å². The van der Waals surface area contributed by atoms with Gasteiger partial charge in [0, 0.05) is 24.2 Å². The monoisotopic (exact) mass is 364 g/mol. The topological polar surface area (TPSA) is 80.5 Å². The number of nitro groups is 1. The van der Waals surface area contributed by atoms with Crippen molar-refractivity contribution in [3.8, 4) is 0 Å². The Morgan fingerprint density at radius 3 is 2.68 bits per heavy atom. The van der Waals surface area contributed by atoms with Crippen LogP contribution in [0.3, 0.4) is 0 Å². The van der Waals surface area contributed by atoms with E-state index in [1.807, 2.05) is 0 Å². The first-order chi connectivity index (χ1) is 11.7. The molecule has 0 spiro atoms. The predicted molar refractivity (Wildman–Crippen MR) is 90.2 cm³/mol. The molecule has 1 aliphatic heterocycles. The third-order valence-corrected chi connectivity index (χ3v) is 6.74. The fraction of sp³-hybridized carbons (Fsp3) is 0.294. The number of halogens is 1. The molecule has 0 N–H and O–H groups in total. The SMILES string of the molecule is Cc1c([N+](=O)[O-])cccc1S(=O)(=O)N1CCc2ccc(F)cc2C1C. The first-order valence-electron chi connectivity index (χ1n) is 7.77. The standard InChI is InChI=1S/C17H17FN2O4S/c1-11-16(20(21)22)4-3-5-17(11)25(23,24)19-9-8-13-6-7-14(18)10-15(13)12(19)2/h3-7,10,12H,8-9H2,1-2H3. The summed E-state index contributed by atoms with van der Waals surface area (Å²) >= 11 is 0. The molecule has 0 amide bonds. The Morgan fingerprint density at radius 1 is 1.28 bits per heavy atom. The molecular formula is C17H17FN2O4S. The zero-order valence-corrected chi connectivity index (χ0v) is 14.6. The van der Waals surface area contributed by atoms with Gasteiger partial charge in [0.1, 0.15) is 5.82 Å². The third-order valence-electron chi connectivity index (χ3n) is 4.63. The van der Waals surface area contributed by atoms with Crippen LogP contribution in [-0.2, 0) is 16.4 Å². The van der Waals surface area contributed by atoms with Crippen molar-refractivity contribution in [2.24, 2.45) is 0 Å². The van der Waals surface area contributed by atoms with Crippen molar-refractivity contribution in [3.63, 3.8) is 0 Å². The van der Waals surface area contributed by atoms with E-state index in [0.29, 0.717) is 12.0 Å². The lowest BCUT2D eigenvalue weighted by Gasteiger charge is -2.34. The van der Waals surface area contributed by atoms with Gasteiger partial charge in [-0.25, -0.2) is 12.8 Å². The summed E-state index contributed by atoms with van der Waals surface area (Å²) in [6.07, 6.45) is 0.465. The quantitative estimate of drug-likeness (QED) is 0.618. The minimum Gasteiger partial charge on any atom is -0.258 e. The van der Waals surface area contributed by atoms with Crippen molar-refractivity contribution in [1.82, 2.24) is 4.31 Å². The molecule has 0 saturated heterocycles. The highest BCUT2D eigenvalue weighted by Gasteiger charge is 2.36. The zero-order valence-electron chi connectivity index (χ0n) is 13.8. The van der Waals surface area contributed by atoms with Gasteiger partial charge in [-0.3, -0.25) is 10.1 Å². The number of fused-ring (bicyclic) bond motifs is 1. The van der Waals surface area contributed by atoms with E-state index in [-0.39, 0.29) is 22.7 Å². The summed E-state index contributed by atoms with van der Waals surface area (Å²) in [5.74, 6) is -0.420. The van der Waals surface area contributed by atoms with Crippen LogP contribution in [0.25, 0.3) is 0 Å². The Labute approximate surface area is 145 Å². The van der Waals surface area contributed by atoms with Gasteiger partial charge >= 0.3 is 0 Å². The molecule has 3 rings (SSSR count). The summed E-state index contributed by atoms with van der Waals surface area (Å²) in [7, 11) is -3.95. The predicted octanol–water partition coefficient (Wildman–Crippen LogP) is 3.35. The van der Waals surface area contributed by atoms with Gasteiger partial charge in [0.15, 0.2) is 0 Å². The molecule has 25 heavy (non-hydrogen) atoms. The Hall–Kier alpha value is -2.32. The highest BCUT2D eigenvalue weighted by Crippen LogP contribution is 2.36. The Balaban J connectivity index is 2.08. The van der Waals surface area contributed by atoms with E-state index < -0.39 is 26.8 Å². The molecule has 6 nitrogen and oxygen atoms in total. The molecular weight excluding hydrogens is 347 g/mol. The van der Waals surface area contributed by atoms with Crippen molar-refractivity contribution >= 4 is 15.7 Å². The molecule has 1 atom stereocenters. The molecule has 0 radical (unpaired) electrons. The number of hydrogen-bond donors (Lipinski definition) is 0. The van der Waals surface area contributed by atoms with Crippen LogP contribution in [0.1, 0.15) is 29.7 Å². The zero-order chi connectivity index (χ0) is 18.4. The van der Waals surface area contributed by atoms with Gasteiger partial charge < -0.3 is 0 Å². The van der Waals surface area contributed by atoms with Gasteiger partial charge in [0.05, 0.1) is 9.82 Å². The maximum Gasteiger partial charge on any atom is 0.273 e. The van der Waals surface area contributed by atoms with Crippen molar-refractivity contribution in [1.29, 1.82) is 0 Å². The second-order valence-electron chi connectivity index (χ2n) is 6.04. The summed E-state index contributed by atoms with van der Waals surface area (Å²) in [6, 6.07) is 7.83. The van der Waals surface area contributed by atoms with Gasteiger partial charge in [-0.1, -0.05) is 12.1 Å². The Kier molecular flexibility index (Phi) is 4.34. The average molecular weight is 364 g/mol. The molecule has 8 heteroatoms. The van der Waals surface area contributed by atoms with Gasteiger partial charge in [0.2, 0.25) is 10.0 Å². The third kappa shape index (κ3) is 2.91. The van der Waals surface area contributed by atoms with Crippen LogP contribution in [0.15, 0.2) is 41.3 Å². The molecule has 0 bridgehead atoms. The average Bonchev–Trinajstić information content (AvgIpc) is 2.55. The summed E-state index contributed by atoms with van der Waals surface area (Å²) in [6.45, 7) is 3.36. The minimum atomic E-state index is -3.95. The minimum absolute atomic E-state index is 0.0894.